The SMILES string of the molecule is O=COC(C(=O)C(F)(F)F)C1CCC(N(OCc2ccccc2)S(=O)(=O)c2ccc([N+](=O)[O-])cc2)CN1. The number of rotatable bonds is 11. The molecule has 2 aromatic rings. The Morgan fingerprint density at radius 3 is 2.32 bits per heavy atom. The minimum absolute atomic E-state index is 0.0531. The molecule has 0 saturated carbocycles. The van der Waals surface area contributed by atoms with Gasteiger partial charge in [0.05, 0.1) is 28.5 Å². The second kappa shape index (κ2) is 11.8. The first-order valence-corrected chi connectivity index (χ1v) is 12.3. The molecule has 1 aliphatic heterocycles. The predicted molar refractivity (Wildman–Crippen MR) is 120 cm³/mol. The minimum Gasteiger partial charge on any atom is -0.454 e. The van der Waals surface area contributed by atoms with Crippen LogP contribution in [0.1, 0.15) is 18.4 Å². The molecule has 1 aliphatic rings. The van der Waals surface area contributed by atoms with Gasteiger partial charge in [0.2, 0.25) is 0 Å². The summed E-state index contributed by atoms with van der Waals surface area (Å²) in [5.74, 6) is -2.24. The second-order valence-electron chi connectivity index (χ2n) is 8.03. The minimum atomic E-state index is -5.24. The molecule has 2 aromatic carbocycles. The first-order chi connectivity index (χ1) is 17.4. The molecule has 0 spiro atoms. The molecular weight excluding hydrogens is 523 g/mol. The molecule has 200 valence electrons. The summed E-state index contributed by atoms with van der Waals surface area (Å²) in [4.78, 5) is 38.0. The summed E-state index contributed by atoms with van der Waals surface area (Å²) in [6.45, 7) is -0.664. The van der Waals surface area contributed by atoms with E-state index in [0.717, 1.165) is 24.3 Å². The second-order valence-corrected chi connectivity index (χ2v) is 9.81. The van der Waals surface area contributed by atoms with Gasteiger partial charge in [-0.25, -0.2) is 8.42 Å². The zero-order valence-corrected chi connectivity index (χ0v) is 19.9. The maximum absolute atomic E-state index is 13.4. The molecule has 0 amide bonds. The fraction of sp³-hybridized carbons (Fsp3) is 0.364. The van der Waals surface area contributed by atoms with Gasteiger partial charge in [0.15, 0.2) is 6.10 Å². The number of alkyl halides is 3. The van der Waals surface area contributed by atoms with Crippen molar-refractivity contribution in [3.05, 3.63) is 70.3 Å². The largest absolute Gasteiger partial charge is 0.454 e. The van der Waals surface area contributed by atoms with Crippen LogP contribution in [0.25, 0.3) is 0 Å². The Kier molecular flexibility index (Phi) is 8.96. The lowest BCUT2D eigenvalue weighted by atomic mass is 9.94. The fourth-order valence-corrected chi connectivity index (χ4v) is 5.24. The molecule has 0 aromatic heterocycles. The Morgan fingerprint density at radius 1 is 1.16 bits per heavy atom. The maximum Gasteiger partial charge on any atom is 0.454 e. The third kappa shape index (κ3) is 6.88. The van der Waals surface area contributed by atoms with Gasteiger partial charge in [-0.1, -0.05) is 34.8 Å². The van der Waals surface area contributed by atoms with Gasteiger partial charge < -0.3 is 10.1 Å². The van der Waals surface area contributed by atoms with E-state index in [1.54, 1.807) is 30.3 Å². The molecule has 1 heterocycles. The molecule has 0 aliphatic carbocycles. The lowest BCUT2D eigenvalue weighted by Gasteiger charge is -2.37. The predicted octanol–water partition coefficient (Wildman–Crippen LogP) is 2.51. The first kappa shape index (κ1) is 28.2. The van der Waals surface area contributed by atoms with Crippen LogP contribution in [0, 0.1) is 10.1 Å². The number of nitrogens with one attached hydrogen (secondary N) is 1. The third-order valence-electron chi connectivity index (χ3n) is 5.61. The number of hydroxylamine groups is 1. The number of nitrogens with zero attached hydrogens (tertiary/aromatic N) is 2. The summed E-state index contributed by atoms with van der Waals surface area (Å²) in [6.07, 6.45) is -7.59. The number of sulfonamides is 1. The average molecular weight is 545 g/mol. The Balaban J connectivity index is 1.83. The number of nitro benzene ring substituents is 1. The van der Waals surface area contributed by atoms with E-state index in [9.17, 15) is 41.3 Å². The van der Waals surface area contributed by atoms with Crippen LogP contribution in [0.2, 0.25) is 0 Å². The van der Waals surface area contributed by atoms with Crippen LogP contribution in [-0.2, 0) is 35.8 Å². The highest BCUT2D eigenvalue weighted by Crippen LogP contribution is 2.28. The smallest absolute Gasteiger partial charge is 0.454 e. The molecule has 3 atom stereocenters. The van der Waals surface area contributed by atoms with Crippen LogP contribution >= 0.6 is 0 Å². The van der Waals surface area contributed by atoms with Gasteiger partial charge in [0, 0.05) is 18.7 Å². The number of nitro groups is 1. The topological polar surface area (TPSA) is 145 Å². The molecule has 15 heteroatoms. The van der Waals surface area contributed by atoms with Crippen LogP contribution in [0.3, 0.4) is 0 Å². The normalized spacial score (nSPS) is 19.2. The quantitative estimate of drug-likeness (QED) is 0.256. The maximum atomic E-state index is 13.4. The van der Waals surface area contributed by atoms with Crippen molar-refractivity contribution in [2.24, 2.45) is 0 Å². The van der Waals surface area contributed by atoms with Crippen molar-refractivity contribution in [2.75, 3.05) is 6.54 Å². The summed E-state index contributed by atoms with van der Waals surface area (Å²) in [7, 11) is -4.39. The van der Waals surface area contributed by atoms with E-state index in [0.29, 0.717) is 10.0 Å². The first-order valence-electron chi connectivity index (χ1n) is 10.8. The van der Waals surface area contributed by atoms with Gasteiger partial charge in [-0.2, -0.15) is 13.2 Å². The van der Waals surface area contributed by atoms with E-state index < -0.39 is 45.1 Å². The molecule has 0 radical (unpaired) electrons. The van der Waals surface area contributed by atoms with Crippen LogP contribution in [0.5, 0.6) is 0 Å². The molecule has 3 unspecified atom stereocenters. The number of Topliss-reactive ketones (excluding diaryl/α,β-unsaturated/α-hetero) is 1. The summed E-state index contributed by atoms with van der Waals surface area (Å²) < 4.78 is 70.8. The van der Waals surface area contributed by atoms with Crippen molar-refractivity contribution >= 4 is 28.0 Å². The summed E-state index contributed by atoms with van der Waals surface area (Å²) in [6, 6.07) is 10.5. The lowest BCUT2D eigenvalue weighted by Crippen LogP contribution is -2.57. The van der Waals surface area contributed by atoms with Crippen molar-refractivity contribution < 1.29 is 45.7 Å². The van der Waals surface area contributed by atoms with E-state index in [1.165, 1.54) is 0 Å². The van der Waals surface area contributed by atoms with Crippen molar-refractivity contribution in [1.82, 2.24) is 9.79 Å². The van der Waals surface area contributed by atoms with Crippen molar-refractivity contribution in [2.45, 2.75) is 48.7 Å². The molecule has 37 heavy (non-hydrogen) atoms. The monoisotopic (exact) mass is 545 g/mol. The molecule has 0 bridgehead atoms. The number of carbonyl (C=O) groups excluding carboxylic acids is 2. The molecule has 11 nitrogen and oxygen atoms in total. The van der Waals surface area contributed by atoms with Crippen molar-refractivity contribution in [1.29, 1.82) is 0 Å². The van der Waals surface area contributed by atoms with Crippen molar-refractivity contribution in [3.8, 4) is 0 Å². The van der Waals surface area contributed by atoms with E-state index in [1.807, 2.05) is 0 Å². The van der Waals surface area contributed by atoms with E-state index in [2.05, 4.69) is 10.1 Å². The zero-order chi connectivity index (χ0) is 27.2. The summed E-state index contributed by atoms with van der Waals surface area (Å²) in [5.41, 5.74) is 0.302. The third-order valence-corrected chi connectivity index (χ3v) is 7.36. The molecular formula is C22H22F3N3O8S. The average Bonchev–Trinajstić information content (AvgIpc) is 2.87. The van der Waals surface area contributed by atoms with E-state index >= 15 is 0 Å². The van der Waals surface area contributed by atoms with E-state index in [-0.39, 0.29) is 43.0 Å². The van der Waals surface area contributed by atoms with Gasteiger partial charge in [0.1, 0.15) is 0 Å². The van der Waals surface area contributed by atoms with Crippen LogP contribution in [0.15, 0.2) is 59.5 Å². The Morgan fingerprint density at radius 2 is 1.81 bits per heavy atom. The number of halogens is 3. The summed E-state index contributed by atoms with van der Waals surface area (Å²) in [5, 5.41) is 13.6. The highest BCUT2D eigenvalue weighted by molar-refractivity contribution is 7.89. The number of carbonyl (C=O) groups is 2. The number of piperidine rings is 1. The Hall–Kier alpha value is -3.40. The van der Waals surface area contributed by atoms with Crippen molar-refractivity contribution in [3.63, 3.8) is 0 Å². The van der Waals surface area contributed by atoms with Crippen LogP contribution in [0.4, 0.5) is 18.9 Å². The van der Waals surface area contributed by atoms with Gasteiger partial charge >= 0.3 is 6.18 Å². The van der Waals surface area contributed by atoms with Crippen LogP contribution in [-0.4, -0.2) is 61.0 Å². The fourth-order valence-electron chi connectivity index (χ4n) is 3.79. The number of hydrogen-bond donors (Lipinski definition) is 1. The van der Waals surface area contributed by atoms with Crippen LogP contribution < -0.4 is 5.32 Å². The molecule has 3 rings (SSSR count). The van der Waals surface area contributed by atoms with Gasteiger partial charge in [-0.05, 0) is 30.5 Å². The standard InChI is InChI=1S/C22H22F3N3O8S/c23-22(24,25)21(30)20(35-14-29)19-11-8-17(12-26-19)28(36-13-15-4-2-1-3-5-15)37(33,34)18-9-6-16(7-10-18)27(31)32/h1-7,9-10,14,17,19-20,26H,8,11-13H2. The number of hydrogen-bond acceptors (Lipinski definition) is 9. The van der Waals surface area contributed by atoms with Gasteiger partial charge in [-0.15, -0.1) is 0 Å². The number of benzene rings is 2. The number of ketones is 1. The van der Waals surface area contributed by atoms with Gasteiger partial charge in [-0.3, -0.25) is 24.5 Å². The highest BCUT2D eigenvalue weighted by atomic mass is 32.2. The van der Waals surface area contributed by atoms with Gasteiger partial charge in [0.25, 0.3) is 28.0 Å². The number of non-ortho nitro benzene ring substituents is 1. The zero-order valence-electron chi connectivity index (χ0n) is 19.0. The highest BCUT2D eigenvalue weighted by Gasteiger charge is 2.49. The number of ether oxygens (including phenoxy) is 1. The Labute approximate surface area is 209 Å². The summed E-state index contributed by atoms with van der Waals surface area (Å²) >= 11 is 0. The Bertz CT molecular complexity index is 1200. The lowest BCUT2D eigenvalue weighted by molar-refractivity contribution is -0.384. The molecule has 1 N–H and O–H groups in total. The molecule has 1 fully saturated rings. The molecule has 1 saturated heterocycles. The van der Waals surface area contributed by atoms with E-state index in [4.69, 9.17) is 4.84 Å².